The molecule has 5 heteroatoms. The molecule has 0 unspecified atom stereocenters. The molecular formula is C18H19ClN2O2. The van der Waals surface area contributed by atoms with Gasteiger partial charge in [-0.15, -0.1) is 0 Å². The van der Waals surface area contributed by atoms with Crippen molar-refractivity contribution in [3.63, 3.8) is 0 Å². The smallest absolute Gasteiger partial charge is 0.315 e. The van der Waals surface area contributed by atoms with E-state index in [-0.39, 0.29) is 11.6 Å². The minimum atomic E-state index is -0.241. The lowest BCUT2D eigenvalue weighted by molar-refractivity contribution is 0.235. The molecule has 3 rings (SSSR count). The highest BCUT2D eigenvalue weighted by Gasteiger charge is 2.45. The van der Waals surface area contributed by atoms with Crippen LogP contribution in [0.5, 0.6) is 5.75 Å². The summed E-state index contributed by atoms with van der Waals surface area (Å²) in [6.07, 6.45) is 1.90. The maximum absolute atomic E-state index is 12.2. The molecule has 0 atom stereocenters. The number of rotatable bonds is 5. The highest BCUT2D eigenvalue weighted by molar-refractivity contribution is 6.30. The summed E-state index contributed by atoms with van der Waals surface area (Å²) in [6, 6.07) is 15.1. The van der Waals surface area contributed by atoms with Gasteiger partial charge in [0.15, 0.2) is 0 Å². The number of carbonyl (C=O) groups excluding carboxylic acids is 1. The normalized spacial score (nSPS) is 14.9. The molecule has 2 aromatic carbocycles. The Labute approximate surface area is 140 Å². The van der Waals surface area contributed by atoms with Crippen molar-refractivity contribution in [2.45, 2.75) is 24.9 Å². The van der Waals surface area contributed by atoms with Crippen molar-refractivity contribution < 1.29 is 9.53 Å². The molecule has 120 valence electrons. The van der Waals surface area contributed by atoms with Crippen molar-refractivity contribution in [2.75, 3.05) is 7.11 Å². The van der Waals surface area contributed by atoms with Crippen LogP contribution in [0, 0.1) is 0 Å². The maximum atomic E-state index is 12.2. The molecule has 2 N–H and O–H groups in total. The number of methoxy groups -OCH3 is 1. The summed E-state index contributed by atoms with van der Waals surface area (Å²) in [5, 5.41) is 6.68. The van der Waals surface area contributed by atoms with Crippen LogP contribution in [0.25, 0.3) is 0 Å². The van der Waals surface area contributed by atoms with Gasteiger partial charge in [-0.3, -0.25) is 0 Å². The average Bonchev–Trinajstić information content (AvgIpc) is 3.34. The first-order valence-electron chi connectivity index (χ1n) is 7.56. The van der Waals surface area contributed by atoms with Crippen molar-refractivity contribution in [2.24, 2.45) is 0 Å². The topological polar surface area (TPSA) is 50.4 Å². The highest BCUT2D eigenvalue weighted by Crippen LogP contribution is 2.45. The predicted molar refractivity (Wildman–Crippen MR) is 90.7 cm³/mol. The zero-order chi connectivity index (χ0) is 16.3. The number of urea groups is 1. The zero-order valence-corrected chi connectivity index (χ0v) is 13.7. The van der Waals surface area contributed by atoms with Crippen LogP contribution in [-0.2, 0) is 12.1 Å². The Kier molecular flexibility index (Phi) is 4.44. The third kappa shape index (κ3) is 3.77. The molecule has 2 aromatic rings. The quantitative estimate of drug-likeness (QED) is 0.875. The van der Waals surface area contributed by atoms with Crippen molar-refractivity contribution in [3.05, 3.63) is 64.7 Å². The number of amides is 2. The molecule has 0 bridgehead atoms. The van der Waals surface area contributed by atoms with Gasteiger partial charge in [0.1, 0.15) is 5.75 Å². The fraction of sp³-hybridized carbons (Fsp3) is 0.278. The Morgan fingerprint density at radius 3 is 2.35 bits per heavy atom. The molecule has 1 aliphatic rings. The van der Waals surface area contributed by atoms with Gasteiger partial charge in [0.2, 0.25) is 0 Å². The van der Waals surface area contributed by atoms with E-state index < -0.39 is 0 Å². The van der Waals surface area contributed by atoms with Crippen molar-refractivity contribution in [1.29, 1.82) is 0 Å². The summed E-state index contributed by atoms with van der Waals surface area (Å²) in [5.74, 6) is 0.804. The Hall–Kier alpha value is -2.20. The third-order valence-corrected chi connectivity index (χ3v) is 4.36. The van der Waals surface area contributed by atoms with Crippen LogP contribution in [0.2, 0.25) is 5.02 Å². The molecular weight excluding hydrogens is 312 g/mol. The molecule has 0 aliphatic heterocycles. The van der Waals surface area contributed by atoms with E-state index in [1.54, 1.807) is 7.11 Å². The van der Waals surface area contributed by atoms with Crippen LogP contribution in [0.15, 0.2) is 48.5 Å². The average molecular weight is 331 g/mol. The second kappa shape index (κ2) is 6.50. The van der Waals surface area contributed by atoms with Gasteiger partial charge in [0, 0.05) is 11.6 Å². The number of hydrogen-bond donors (Lipinski definition) is 2. The van der Waals surface area contributed by atoms with E-state index in [0.717, 1.165) is 29.7 Å². The lowest BCUT2D eigenvalue weighted by atomic mass is 10.1. The summed E-state index contributed by atoms with van der Waals surface area (Å²) in [7, 11) is 1.63. The van der Waals surface area contributed by atoms with E-state index in [2.05, 4.69) is 10.6 Å². The van der Waals surface area contributed by atoms with Gasteiger partial charge in [0.25, 0.3) is 0 Å². The van der Waals surface area contributed by atoms with E-state index >= 15 is 0 Å². The Bertz CT molecular complexity index is 679. The number of carbonyl (C=O) groups is 1. The van der Waals surface area contributed by atoms with E-state index in [0.29, 0.717) is 11.6 Å². The summed E-state index contributed by atoms with van der Waals surface area (Å²) in [6.45, 7) is 0.479. The van der Waals surface area contributed by atoms with E-state index in [9.17, 15) is 4.79 Å². The van der Waals surface area contributed by atoms with E-state index in [1.807, 2.05) is 48.5 Å². The number of halogens is 1. The standard InChI is InChI=1S/C18H19ClN2O2/c1-23-16-8-2-13(3-9-16)12-20-17(22)21-18(10-11-18)14-4-6-15(19)7-5-14/h2-9H,10-12H2,1H3,(H2,20,21,22). The molecule has 0 saturated heterocycles. The first-order valence-corrected chi connectivity index (χ1v) is 7.94. The predicted octanol–water partition coefficient (Wildman–Crippen LogP) is 3.84. The summed E-state index contributed by atoms with van der Waals surface area (Å²) in [4.78, 5) is 12.2. The van der Waals surface area contributed by atoms with Gasteiger partial charge in [-0.1, -0.05) is 35.9 Å². The molecule has 4 nitrogen and oxygen atoms in total. The zero-order valence-electron chi connectivity index (χ0n) is 12.9. The first kappa shape index (κ1) is 15.7. The van der Waals surface area contributed by atoms with Gasteiger partial charge < -0.3 is 15.4 Å². The van der Waals surface area contributed by atoms with Crippen molar-refractivity contribution in [1.82, 2.24) is 10.6 Å². The maximum Gasteiger partial charge on any atom is 0.315 e. The minimum Gasteiger partial charge on any atom is -0.497 e. The van der Waals surface area contributed by atoms with E-state index in [4.69, 9.17) is 16.3 Å². The summed E-state index contributed by atoms with van der Waals surface area (Å²) < 4.78 is 5.12. The Morgan fingerprint density at radius 1 is 1.13 bits per heavy atom. The van der Waals surface area contributed by atoms with E-state index in [1.165, 1.54) is 0 Å². The molecule has 0 radical (unpaired) electrons. The third-order valence-electron chi connectivity index (χ3n) is 4.11. The fourth-order valence-electron chi connectivity index (χ4n) is 2.57. The second-order valence-electron chi connectivity index (χ2n) is 5.74. The van der Waals surface area contributed by atoms with Crippen LogP contribution in [-0.4, -0.2) is 13.1 Å². The largest absolute Gasteiger partial charge is 0.497 e. The molecule has 1 fully saturated rings. The number of nitrogens with one attached hydrogen (secondary N) is 2. The van der Waals surface area contributed by atoms with Gasteiger partial charge in [0.05, 0.1) is 12.6 Å². The second-order valence-corrected chi connectivity index (χ2v) is 6.18. The first-order chi connectivity index (χ1) is 11.1. The van der Waals surface area contributed by atoms with Crippen molar-refractivity contribution >= 4 is 17.6 Å². The van der Waals surface area contributed by atoms with Crippen LogP contribution in [0.1, 0.15) is 24.0 Å². The number of ether oxygens (including phenoxy) is 1. The Morgan fingerprint density at radius 2 is 1.78 bits per heavy atom. The van der Waals surface area contributed by atoms with Gasteiger partial charge >= 0.3 is 6.03 Å². The van der Waals surface area contributed by atoms with Gasteiger partial charge in [-0.25, -0.2) is 4.79 Å². The van der Waals surface area contributed by atoms with Gasteiger partial charge in [-0.2, -0.15) is 0 Å². The molecule has 1 aliphatic carbocycles. The summed E-state index contributed by atoms with van der Waals surface area (Å²) >= 11 is 5.92. The molecule has 2 amide bonds. The highest BCUT2D eigenvalue weighted by atomic mass is 35.5. The molecule has 23 heavy (non-hydrogen) atoms. The van der Waals surface area contributed by atoms with Crippen LogP contribution >= 0.6 is 11.6 Å². The Balaban J connectivity index is 1.55. The minimum absolute atomic E-state index is 0.159. The molecule has 0 aromatic heterocycles. The molecule has 0 spiro atoms. The number of hydrogen-bond acceptors (Lipinski definition) is 2. The van der Waals surface area contributed by atoms with Crippen LogP contribution in [0.4, 0.5) is 4.79 Å². The van der Waals surface area contributed by atoms with Crippen LogP contribution < -0.4 is 15.4 Å². The lowest BCUT2D eigenvalue weighted by Gasteiger charge is -2.18. The lowest BCUT2D eigenvalue weighted by Crippen LogP contribution is -2.41. The molecule has 1 saturated carbocycles. The van der Waals surface area contributed by atoms with Gasteiger partial charge in [-0.05, 0) is 48.2 Å². The summed E-state index contributed by atoms with van der Waals surface area (Å²) in [5.41, 5.74) is 1.88. The SMILES string of the molecule is COc1ccc(CNC(=O)NC2(c3ccc(Cl)cc3)CC2)cc1. The van der Waals surface area contributed by atoms with Crippen LogP contribution in [0.3, 0.4) is 0 Å². The molecule has 0 heterocycles. The fourth-order valence-corrected chi connectivity index (χ4v) is 2.69. The van der Waals surface area contributed by atoms with Crippen molar-refractivity contribution in [3.8, 4) is 5.75 Å². The monoisotopic (exact) mass is 330 g/mol. The number of benzene rings is 2.